The normalized spacial score (nSPS) is 10.3. The van der Waals surface area contributed by atoms with E-state index in [9.17, 15) is 0 Å². The molecule has 0 radical (unpaired) electrons. The first-order chi connectivity index (χ1) is 30.8. The zero-order valence-corrected chi connectivity index (χ0v) is 38.1. The molecular weight excluding hydrogens is 747 g/mol. The van der Waals surface area contributed by atoms with Crippen LogP contribution in [0.2, 0.25) is 0 Å². The number of benzene rings is 8. The fourth-order valence-corrected chi connectivity index (χ4v) is 6.96. The Morgan fingerprint density at radius 1 is 0.258 bits per heavy atom. The molecule has 0 aliphatic heterocycles. The number of hydrogen-bond donors (Lipinski definition) is 0. The topological polar surface area (TPSA) is 3.24 Å². The van der Waals surface area contributed by atoms with Crippen LogP contribution in [0.4, 0.5) is 17.1 Å². The van der Waals surface area contributed by atoms with E-state index in [1.165, 1.54) is 44.5 Å². The first-order valence-electron chi connectivity index (χ1n) is 22.5. The van der Waals surface area contributed by atoms with Gasteiger partial charge in [-0.05, 0) is 86.5 Å². The van der Waals surface area contributed by atoms with Crippen molar-refractivity contribution in [1.29, 1.82) is 0 Å². The molecule has 314 valence electrons. The number of rotatable bonds is 11. The van der Waals surface area contributed by atoms with Crippen LogP contribution in [0.3, 0.4) is 0 Å². The maximum Gasteiger partial charge on any atom is 0.0462 e. The molecule has 0 bridgehead atoms. The minimum atomic E-state index is 0.207. The Hall–Kier alpha value is -6.96. The van der Waals surface area contributed by atoms with Crippen molar-refractivity contribution in [1.82, 2.24) is 0 Å². The lowest BCUT2D eigenvalue weighted by molar-refractivity contribution is 0.977. The van der Waals surface area contributed by atoms with Crippen LogP contribution in [0, 0.1) is 0 Å². The van der Waals surface area contributed by atoms with Crippen LogP contribution in [0.25, 0.3) is 35.4 Å². The molecule has 62 heavy (non-hydrogen) atoms. The Morgan fingerprint density at radius 2 is 0.500 bits per heavy atom. The van der Waals surface area contributed by atoms with Crippen molar-refractivity contribution in [2.45, 2.75) is 61.3 Å². The van der Waals surface area contributed by atoms with Gasteiger partial charge in [-0.25, -0.2) is 0 Å². The van der Waals surface area contributed by atoms with Gasteiger partial charge < -0.3 is 4.90 Å². The lowest BCUT2D eigenvalue weighted by atomic mass is 9.85. The van der Waals surface area contributed by atoms with Crippen LogP contribution in [0.15, 0.2) is 218 Å². The summed E-state index contributed by atoms with van der Waals surface area (Å²) in [6, 6.07) is 77.7. The summed E-state index contributed by atoms with van der Waals surface area (Å²) in [4.78, 5) is 2.28. The molecule has 8 aromatic carbocycles. The van der Waals surface area contributed by atoms with Crippen molar-refractivity contribution >= 4 is 41.4 Å². The lowest BCUT2D eigenvalue weighted by Crippen LogP contribution is -2.09. The highest BCUT2D eigenvalue weighted by Crippen LogP contribution is 2.35. The first kappa shape index (κ1) is 47.7. The van der Waals surface area contributed by atoms with Crippen LogP contribution in [0.1, 0.15) is 100 Å². The summed E-state index contributed by atoms with van der Waals surface area (Å²) in [5.41, 5.74) is 14.4. The van der Waals surface area contributed by atoms with Gasteiger partial charge in [0.1, 0.15) is 0 Å². The Morgan fingerprint density at radius 3 is 0.823 bits per heavy atom. The molecule has 0 N–H and O–H groups in total. The van der Waals surface area contributed by atoms with E-state index in [0.29, 0.717) is 0 Å². The third kappa shape index (κ3) is 13.5. The fraction of sp³-hybridized carbons (Fsp3) is 0.148. The van der Waals surface area contributed by atoms with E-state index in [1.807, 2.05) is 55.4 Å². The van der Waals surface area contributed by atoms with E-state index in [4.69, 9.17) is 0 Å². The summed E-state index contributed by atoms with van der Waals surface area (Å²) >= 11 is 0. The SMILES string of the molecule is C(=C\c1ccc(C(c2ccccc2)c2ccccc2)cc1)/c1ccc(-c2ccc(/C=C/c3ccc(N(c4ccccc4)c4ccccc4)cc3)cc2)cc1.CC.CC.CC.CC. The molecule has 0 fully saturated rings. The molecule has 0 amide bonds. The second kappa shape index (κ2) is 27.0. The maximum absolute atomic E-state index is 2.28. The highest BCUT2D eigenvalue weighted by atomic mass is 15.1. The first-order valence-corrected chi connectivity index (χ1v) is 22.5. The monoisotopic (exact) mass is 812 g/mol. The van der Waals surface area contributed by atoms with Gasteiger partial charge in [0.05, 0.1) is 0 Å². The second-order valence-electron chi connectivity index (χ2n) is 13.4. The number of anilines is 3. The lowest BCUT2D eigenvalue weighted by Gasteiger charge is -2.25. The van der Waals surface area contributed by atoms with Crippen molar-refractivity contribution < 1.29 is 0 Å². The molecule has 0 aromatic heterocycles. The molecule has 0 unspecified atom stereocenters. The maximum atomic E-state index is 2.28. The van der Waals surface area contributed by atoms with E-state index in [2.05, 4.69) is 248 Å². The van der Waals surface area contributed by atoms with Gasteiger partial charge in [0, 0.05) is 23.0 Å². The van der Waals surface area contributed by atoms with Gasteiger partial charge in [-0.3, -0.25) is 0 Å². The molecule has 0 atom stereocenters. The predicted molar refractivity (Wildman–Crippen MR) is 277 cm³/mol. The fourth-order valence-electron chi connectivity index (χ4n) is 6.96. The molecule has 1 heteroatoms. The highest BCUT2D eigenvalue weighted by Gasteiger charge is 2.16. The third-order valence-corrected chi connectivity index (χ3v) is 9.81. The van der Waals surface area contributed by atoms with Crippen LogP contribution in [-0.4, -0.2) is 0 Å². The molecule has 0 saturated heterocycles. The molecule has 0 aliphatic carbocycles. The van der Waals surface area contributed by atoms with Crippen molar-refractivity contribution in [3.05, 3.63) is 257 Å². The Kier molecular flexibility index (Phi) is 20.8. The molecule has 0 saturated carbocycles. The minimum Gasteiger partial charge on any atom is -0.311 e. The van der Waals surface area contributed by atoms with E-state index < -0.39 is 0 Å². The van der Waals surface area contributed by atoms with E-state index in [-0.39, 0.29) is 5.92 Å². The van der Waals surface area contributed by atoms with Crippen molar-refractivity contribution in [2.24, 2.45) is 0 Å². The second-order valence-corrected chi connectivity index (χ2v) is 13.4. The average molecular weight is 812 g/mol. The van der Waals surface area contributed by atoms with Gasteiger partial charge >= 0.3 is 0 Å². The van der Waals surface area contributed by atoms with E-state index >= 15 is 0 Å². The third-order valence-electron chi connectivity index (χ3n) is 9.81. The summed E-state index contributed by atoms with van der Waals surface area (Å²) < 4.78 is 0. The molecule has 8 rings (SSSR count). The smallest absolute Gasteiger partial charge is 0.0462 e. The summed E-state index contributed by atoms with van der Waals surface area (Å²) in [6.45, 7) is 16.0. The molecular formula is C61H65N. The molecule has 0 spiro atoms. The van der Waals surface area contributed by atoms with Gasteiger partial charge in [0.25, 0.3) is 0 Å². The summed E-state index contributed by atoms with van der Waals surface area (Å²) in [5, 5.41) is 0. The van der Waals surface area contributed by atoms with Crippen molar-refractivity contribution in [2.75, 3.05) is 4.90 Å². The Balaban J connectivity index is 0.000001000. The van der Waals surface area contributed by atoms with E-state index in [1.54, 1.807) is 0 Å². The molecule has 8 aromatic rings. The summed E-state index contributed by atoms with van der Waals surface area (Å²) in [7, 11) is 0. The number of hydrogen-bond acceptors (Lipinski definition) is 1. The summed E-state index contributed by atoms with van der Waals surface area (Å²) in [6.07, 6.45) is 8.73. The Labute approximate surface area is 374 Å². The van der Waals surface area contributed by atoms with Crippen molar-refractivity contribution in [3.63, 3.8) is 0 Å². The van der Waals surface area contributed by atoms with Gasteiger partial charge in [0.15, 0.2) is 0 Å². The summed E-state index contributed by atoms with van der Waals surface area (Å²) in [5.74, 6) is 0.207. The van der Waals surface area contributed by atoms with Crippen LogP contribution in [-0.2, 0) is 0 Å². The highest BCUT2D eigenvalue weighted by molar-refractivity contribution is 5.79. The zero-order chi connectivity index (χ0) is 44.4. The number of nitrogens with zero attached hydrogens (tertiary/aromatic N) is 1. The standard InChI is InChI=1S/C53H41N.4C2H6/c1-5-13-47(14-6-1)53(48-15-7-2-8-16-48)49-37-29-43(30-38-49)22-21-41-25-33-45(34-26-41)46-35-27-42(28-36-46)23-24-44-31-39-52(40-32-44)54(50-17-9-3-10-18-50)51-19-11-4-12-20-51;4*1-2/h1-40,53H;4*1-2H3/b22-21+,24-23+;;;;. The molecule has 1 nitrogen and oxygen atoms in total. The van der Waals surface area contributed by atoms with Crippen LogP contribution < -0.4 is 4.90 Å². The van der Waals surface area contributed by atoms with Gasteiger partial charge in [-0.15, -0.1) is 0 Å². The average Bonchev–Trinajstić information content (AvgIpc) is 3.38. The van der Waals surface area contributed by atoms with Crippen molar-refractivity contribution in [3.8, 4) is 11.1 Å². The largest absolute Gasteiger partial charge is 0.311 e. The zero-order valence-electron chi connectivity index (χ0n) is 38.1. The van der Waals surface area contributed by atoms with Crippen LogP contribution >= 0.6 is 0 Å². The van der Waals surface area contributed by atoms with Crippen LogP contribution in [0.5, 0.6) is 0 Å². The molecule has 0 heterocycles. The van der Waals surface area contributed by atoms with Gasteiger partial charge in [-0.1, -0.05) is 262 Å². The Bertz CT molecular complexity index is 2160. The van der Waals surface area contributed by atoms with Gasteiger partial charge in [0.2, 0.25) is 0 Å². The minimum absolute atomic E-state index is 0.207. The van der Waals surface area contributed by atoms with E-state index in [0.717, 1.165) is 22.6 Å². The number of para-hydroxylation sites is 2. The van der Waals surface area contributed by atoms with Gasteiger partial charge in [-0.2, -0.15) is 0 Å². The predicted octanol–water partition coefficient (Wildman–Crippen LogP) is 18.4. The quantitative estimate of drug-likeness (QED) is 0.0929. The molecule has 0 aliphatic rings.